The molecule has 0 saturated heterocycles. The Morgan fingerprint density at radius 1 is 1.47 bits per heavy atom. The van der Waals surface area contributed by atoms with Crippen molar-refractivity contribution >= 4 is 27.5 Å². The van der Waals surface area contributed by atoms with Crippen LogP contribution in [0.3, 0.4) is 0 Å². The predicted octanol–water partition coefficient (Wildman–Crippen LogP) is 3.41. The van der Waals surface area contributed by atoms with Gasteiger partial charge in [0, 0.05) is 16.7 Å². The van der Waals surface area contributed by atoms with Gasteiger partial charge in [0.05, 0.1) is 11.1 Å². The van der Waals surface area contributed by atoms with Crippen LogP contribution in [-0.2, 0) is 0 Å². The van der Waals surface area contributed by atoms with Crippen molar-refractivity contribution in [1.29, 1.82) is 0 Å². The number of hydrogen-bond acceptors (Lipinski definition) is 2. The van der Waals surface area contributed by atoms with E-state index < -0.39 is 5.54 Å². The minimum atomic E-state index is -0.665. The summed E-state index contributed by atoms with van der Waals surface area (Å²) in [5.41, 5.74) is 0.739. The highest BCUT2D eigenvalue weighted by atomic mass is 79.9. The molecule has 0 fully saturated rings. The maximum absolute atomic E-state index is 12.3. The molecule has 0 radical (unpaired) electrons. The minimum absolute atomic E-state index is 0.178. The van der Waals surface area contributed by atoms with Crippen LogP contribution in [0.15, 0.2) is 22.7 Å². The van der Waals surface area contributed by atoms with Crippen LogP contribution in [0.25, 0.3) is 0 Å². The van der Waals surface area contributed by atoms with Crippen molar-refractivity contribution in [3.05, 3.63) is 28.2 Å². The number of terminal acetylenes is 1. The number of benzene rings is 1. The van der Waals surface area contributed by atoms with Gasteiger partial charge in [-0.3, -0.25) is 4.79 Å². The van der Waals surface area contributed by atoms with Crippen LogP contribution in [0.5, 0.6) is 0 Å². The van der Waals surface area contributed by atoms with E-state index in [0.29, 0.717) is 5.56 Å². The van der Waals surface area contributed by atoms with E-state index in [9.17, 15) is 4.79 Å². The Bertz CT molecular complexity index is 503. The van der Waals surface area contributed by atoms with Crippen molar-refractivity contribution in [3.63, 3.8) is 0 Å². The van der Waals surface area contributed by atoms with E-state index >= 15 is 0 Å². The summed E-state index contributed by atoms with van der Waals surface area (Å²) < 4.78 is 0.859. The maximum atomic E-state index is 12.3. The van der Waals surface area contributed by atoms with Gasteiger partial charge in [0.2, 0.25) is 0 Å². The molecule has 1 amide bonds. The SMILES string of the molecule is C#CC(C)(C)NC(=O)c1cc(Br)ccc1NCCC. The topological polar surface area (TPSA) is 41.1 Å². The number of nitrogens with one attached hydrogen (secondary N) is 2. The second kappa shape index (κ2) is 6.63. The molecule has 0 aliphatic heterocycles. The molecule has 19 heavy (non-hydrogen) atoms. The Balaban J connectivity index is 3.00. The fraction of sp³-hybridized carbons (Fsp3) is 0.400. The van der Waals surface area contributed by atoms with E-state index in [0.717, 1.165) is 23.1 Å². The smallest absolute Gasteiger partial charge is 0.254 e. The maximum Gasteiger partial charge on any atom is 0.254 e. The summed E-state index contributed by atoms with van der Waals surface area (Å²) in [6.07, 6.45) is 6.38. The molecule has 0 spiro atoms. The third-order valence-corrected chi connectivity index (χ3v) is 3.07. The molecular weight excluding hydrogens is 304 g/mol. The second-order valence-electron chi connectivity index (χ2n) is 4.84. The Labute approximate surface area is 123 Å². The molecule has 1 aromatic rings. The molecule has 0 aliphatic carbocycles. The highest BCUT2D eigenvalue weighted by Gasteiger charge is 2.20. The zero-order chi connectivity index (χ0) is 14.5. The van der Waals surface area contributed by atoms with Gasteiger partial charge in [-0.15, -0.1) is 6.42 Å². The number of anilines is 1. The van der Waals surface area contributed by atoms with Gasteiger partial charge in [0.25, 0.3) is 5.91 Å². The average molecular weight is 323 g/mol. The molecule has 102 valence electrons. The number of rotatable bonds is 5. The fourth-order valence-corrected chi connectivity index (χ4v) is 1.87. The Kier molecular flexibility index (Phi) is 5.44. The minimum Gasteiger partial charge on any atom is -0.384 e. The van der Waals surface area contributed by atoms with Gasteiger partial charge >= 0.3 is 0 Å². The van der Waals surface area contributed by atoms with Crippen LogP contribution in [-0.4, -0.2) is 18.0 Å². The van der Waals surface area contributed by atoms with Crippen LogP contribution in [0, 0.1) is 12.3 Å². The lowest BCUT2D eigenvalue weighted by Crippen LogP contribution is -2.42. The van der Waals surface area contributed by atoms with Gasteiger partial charge in [-0.2, -0.15) is 0 Å². The lowest BCUT2D eigenvalue weighted by Gasteiger charge is -2.21. The molecule has 0 saturated carbocycles. The number of halogens is 1. The molecule has 2 N–H and O–H groups in total. The molecule has 0 aromatic heterocycles. The molecule has 0 unspecified atom stereocenters. The largest absolute Gasteiger partial charge is 0.384 e. The number of carbonyl (C=O) groups excluding carboxylic acids is 1. The van der Waals surface area contributed by atoms with Gasteiger partial charge in [-0.1, -0.05) is 28.8 Å². The predicted molar refractivity (Wildman–Crippen MR) is 83.3 cm³/mol. The van der Waals surface area contributed by atoms with Crippen molar-refractivity contribution in [2.75, 3.05) is 11.9 Å². The molecule has 4 heteroatoms. The van der Waals surface area contributed by atoms with Crippen molar-refractivity contribution in [1.82, 2.24) is 5.32 Å². The summed E-state index contributed by atoms with van der Waals surface area (Å²) >= 11 is 3.38. The van der Waals surface area contributed by atoms with Crippen LogP contribution in [0.1, 0.15) is 37.6 Å². The Morgan fingerprint density at radius 3 is 2.74 bits per heavy atom. The summed E-state index contributed by atoms with van der Waals surface area (Å²) in [6, 6.07) is 5.58. The summed E-state index contributed by atoms with van der Waals surface area (Å²) in [6.45, 7) is 6.48. The molecule has 0 heterocycles. The van der Waals surface area contributed by atoms with Gasteiger partial charge in [0.15, 0.2) is 0 Å². The quantitative estimate of drug-likeness (QED) is 0.815. The third kappa shape index (κ3) is 4.60. The summed E-state index contributed by atoms with van der Waals surface area (Å²) in [5, 5.41) is 6.07. The first kappa shape index (κ1) is 15.6. The highest BCUT2D eigenvalue weighted by Crippen LogP contribution is 2.21. The van der Waals surface area contributed by atoms with E-state index in [1.54, 1.807) is 19.9 Å². The third-order valence-electron chi connectivity index (χ3n) is 2.58. The van der Waals surface area contributed by atoms with Crippen molar-refractivity contribution < 1.29 is 4.79 Å². The Hall–Kier alpha value is -1.47. The molecule has 3 nitrogen and oxygen atoms in total. The zero-order valence-electron chi connectivity index (χ0n) is 11.5. The van der Waals surface area contributed by atoms with Gasteiger partial charge in [-0.25, -0.2) is 0 Å². The number of carbonyl (C=O) groups is 1. The summed E-state index contributed by atoms with van der Waals surface area (Å²) in [7, 11) is 0. The van der Waals surface area contributed by atoms with E-state index in [-0.39, 0.29) is 5.91 Å². The zero-order valence-corrected chi connectivity index (χ0v) is 13.1. The normalized spacial score (nSPS) is 10.7. The van der Waals surface area contributed by atoms with Crippen molar-refractivity contribution in [2.45, 2.75) is 32.7 Å². The monoisotopic (exact) mass is 322 g/mol. The lowest BCUT2D eigenvalue weighted by atomic mass is 10.1. The van der Waals surface area contributed by atoms with Crippen molar-refractivity contribution in [2.24, 2.45) is 0 Å². The molecule has 0 bridgehead atoms. The summed E-state index contributed by atoms with van der Waals surface area (Å²) in [5.74, 6) is 2.38. The van der Waals surface area contributed by atoms with Gasteiger partial charge in [0.1, 0.15) is 0 Å². The molecule has 0 aliphatic rings. The van der Waals surface area contributed by atoms with E-state index in [1.165, 1.54) is 0 Å². The Morgan fingerprint density at radius 2 is 2.16 bits per heavy atom. The van der Waals surface area contributed by atoms with Gasteiger partial charge in [-0.05, 0) is 38.5 Å². The standard InChI is InChI=1S/C15H19BrN2O/c1-5-9-17-13-8-7-11(16)10-12(13)14(19)18-15(3,4)6-2/h2,7-8,10,17H,5,9H2,1,3-4H3,(H,18,19). The molecular formula is C15H19BrN2O. The molecule has 0 atom stereocenters. The van der Waals surface area contributed by atoms with E-state index in [1.807, 2.05) is 12.1 Å². The fourth-order valence-electron chi connectivity index (χ4n) is 1.51. The first-order chi connectivity index (χ1) is 8.89. The first-order valence-electron chi connectivity index (χ1n) is 6.23. The van der Waals surface area contributed by atoms with Crippen LogP contribution in [0.2, 0.25) is 0 Å². The second-order valence-corrected chi connectivity index (χ2v) is 5.76. The van der Waals surface area contributed by atoms with Gasteiger partial charge < -0.3 is 10.6 Å². The first-order valence-corrected chi connectivity index (χ1v) is 7.02. The van der Waals surface area contributed by atoms with E-state index in [2.05, 4.69) is 39.4 Å². The van der Waals surface area contributed by atoms with Crippen LogP contribution < -0.4 is 10.6 Å². The van der Waals surface area contributed by atoms with Crippen LogP contribution in [0.4, 0.5) is 5.69 Å². The molecule has 1 rings (SSSR count). The highest BCUT2D eigenvalue weighted by molar-refractivity contribution is 9.10. The average Bonchev–Trinajstić information content (AvgIpc) is 2.36. The summed E-state index contributed by atoms with van der Waals surface area (Å²) in [4.78, 5) is 12.3. The molecule has 1 aromatic carbocycles. The van der Waals surface area contributed by atoms with E-state index in [4.69, 9.17) is 6.42 Å². The van der Waals surface area contributed by atoms with Crippen molar-refractivity contribution in [3.8, 4) is 12.3 Å². The van der Waals surface area contributed by atoms with Crippen LogP contribution >= 0.6 is 15.9 Å². The number of hydrogen-bond donors (Lipinski definition) is 2. The lowest BCUT2D eigenvalue weighted by molar-refractivity contribution is 0.0930. The number of amides is 1.